The first-order valence-corrected chi connectivity index (χ1v) is 19.0. The van der Waals surface area contributed by atoms with Gasteiger partial charge in [-0.2, -0.15) is 0 Å². The highest BCUT2D eigenvalue weighted by Gasteiger charge is 2.29. The Morgan fingerprint density at radius 1 is 0.635 bits per heavy atom. The van der Waals surface area contributed by atoms with E-state index in [0.29, 0.717) is 22.9 Å². The van der Waals surface area contributed by atoms with Crippen LogP contribution in [0.4, 0.5) is 0 Å². The number of fused-ring (bicyclic) bond motifs is 2. The Balaban J connectivity index is 1.06. The molecule has 2 amide bonds. The van der Waals surface area contributed by atoms with Crippen LogP contribution in [-0.4, -0.2) is 74.1 Å². The number of hydrogen-bond acceptors (Lipinski definition) is 6. The number of rotatable bonds is 9. The summed E-state index contributed by atoms with van der Waals surface area (Å²) >= 11 is 14.6. The predicted molar refractivity (Wildman–Crippen MR) is 206 cm³/mol. The fourth-order valence-corrected chi connectivity index (χ4v) is 9.21. The van der Waals surface area contributed by atoms with Gasteiger partial charge < -0.3 is 20.1 Å². The minimum absolute atomic E-state index is 0.150. The summed E-state index contributed by atoms with van der Waals surface area (Å²) in [5.74, 6) is 2.00. The van der Waals surface area contributed by atoms with Crippen LogP contribution in [0.2, 0.25) is 10.0 Å². The van der Waals surface area contributed by atoms with Gasteiger partial charge in [0, 0.05) is 97.6 Å². The van der Waals surface area contributed by atoms with Gasteiger partial charge >= 0.3 is 0 Å². The minimum atomic E-state index is 0.150. The van der Waals surface area contributed by atoms with E-state index in [-0.39, 0.29) is 23.9 Å². The number of methoxy groups -OCH3 is 2. The first-order chi connectivity index (χ1) is 25.3. The van der Waals surface area contributed by atoms with Crippen LogP contribution >= 0.6 is 23.2 Å². The fraction of sp³-hybridized carbons (Fsp3) is 0.381. The van der Waals surface area contributed by atoms with Crippen molar-refractivity contribution in [3.05, 3.63) is 93.0 Å². The zero-order valence-electron chi connectivity index (χ0n) is 29.7. The monoisotopic (exact) mass is 738 g/mol. The van der Waals surface area contributed by atoms with Crippen LogP contribution in [-0.2, 0) is 35.5 Å². The molecule has 4 heterocycles. The number of benzene rings is 4. The van der Waals surface area contributed by atoms with E-state index >= 15 is 0 Å². The number of halogens is 2. The molecule has 8 rings (SSSR count). The molecule has 0 saturated carbocycles. The largest absolute Gasteiger partial charge is 0.496 e. The zero-order valence-corrected chi connectivity index (χ0v) is 31.2. The number of carbonyl (C=O) groups is 2. The van der Waals surface area contributed by atoms with Crippen molar-refractivity contribution in [3.8, 4) is 44.9 Å². The van der Waals surface area contributed by atoms with Crippen LogP contribution < -0.4 is 20.1 Å². The second-order valence-corrected chi connectivity index (χ2v) is 15.3. The third kappa shape index (κ3) is 6.90. The Morgan fingerprint density at radius 3 is 1.44 bits per heavy atom. The highest BCUT2D eigenvalue weighted by Crippen LogP contribution is 2.45. The van der Waals surface area contributed by atoms with E-state index in [1.807, 2.05) is 24.3 Å². The maximum Gasteiger partial charge on any atom is 0.220 e. The molecule has 4 aliphatic rings. The number of amides is 2. The molecule has 2 N–H and O–H groups in total. The van der Waals surface area contributed by atoms with Crippen molar-refractivity contribution in [1.29, 1.82) is 0 Å². The molecule has 0 bridgehead atoms. The molecular formula is C42H44Cl2N4O4. The van der Waals surface area contributed by atoms with Gasteiger partial charge in [-0.15, -0.1) is 0 Å². The van der Waals surface area contributed by atoms with Gasteiger partial charge in [0.2, 0.25) is 11.8 Å². The second-order valence-electron chi connectivity index (χ2n) is 14.5. The molecule has 0 spiro atoms. The predicted octanol–water partition coefficient (Wildman–Crippen LogP) is 7.29. The van der Waals surface area contributed by atoms with E-state index < -0.39 is 0 Å². The van der Waals surface area contributed by atoms with E-state index in [2.05, 4.69) is 56.8 Å². The lowest BCUT2D eigenvalue weighted by atomic mass is 9.90. The Bertz CT molecular complexity index is 1870. The summed E-state index contributed by atoms with van der Waals surface area (Å²) < 4.78 is 11.9. The third-order valence-electron chi connectivity index (χ3n) is 11.2. The quantitative estimate of drug-likeness (QED) is 0.188. The van der Waals surface area contributed by atoms with Gasteiger partial charge in [-0.25, -0.2) is 0 Å². The normalized spacial score (nSPS) is 20.3. The van der Waals surface area contributed by atoms with Crippen LogP contribution in [0.25, 0.3) is 33.4 Å². The van der Waals surface area contributed by atoms with Crippen LogP contribution in [0.1, 0.15) is 47.9 Å². The molecule has 8 nitrogen and oxygen atoms in total. The van der Waals surface area contributed by atoms with E-state index in [1.54, 1.807) is 14.2 Å². The minimum Gasteiger partial charge on any atom is -0.496 e. The summed E-state index contributed by atoms with van der Waals surface area (Å²) in [5.41, 5.74) is 10.5. The summed E-state index contributed by atoms with van der Waals surface area (Å²) in [6.45, 7) is 5.12. The molecule has 10 heteroatoms. The number of ether oxygens (including phenoxy) is 2. The average molecular weight is 740 g/mol. The molecule has 4 aromatic rings. The van der Waals surface area contributed by atoms with Gasteiger partial charge in [0.25, 0.3) is 0 Å². The molecule has 2 fully saturated rings. The Kier molecular flexibility index (Phi) is 9.92. The Morgan fingerprint density at radius 2 is 1.06 bits per heavy atom. The van der Waals surface area contributed by atoms with E-state index in [4.69, 9.17) is 32.7 Å². The molecule has 0 unspecified atom stereocenters. The van der Waals surface area contributed by atoms with Gasteiger partial charge in [0.15, 0.2) is 0 Å². The lowest BCUT2D eigenvalue weighted by Crippen LogP contribution is -2.41. The van der Waals surface area contributed by atoms with Crippen molar-refractivity contribution in [2.75, 3.05) is 40.4 Å². The summed E-state index contributed by atoms with van der Waals surface area (Å²) in [5, 5.41) is 7.48. The van der Waals surface area contributed by atoms with Crippen molar-refractivity contribution >= 4 is 35.0 Å². The standard InChI is InChI=1S/C42H44Cl2N4O4/c1-51-37-19-27(17-25-13-15-47(23-35(25)37)21-29-9-11-39(49)45-29)31-5-3-7-33(41(31)43)34-8-4-6-32(42(34)44)28-18-26-14-16-48(22-30-10-12-40(50)46-30)24-36(26)38(20-28)52-2/h3-8,17-20,29-30H,9-16,21-24H2,1-2H3,(H,45,49)(H,46,50)/t29-,30+. The molecule has 2 atom stereocenters. The Hall–Kier alpha value is -4.08. The van der Waals surface area contributed by atoms with E-state index in [1.165, 1.54) is 22.3 Å². The first-order valence-electron chi connectivity index (χ1n) is 18.3. The lowest BCUT2D eigenvalue weighted by Gasteiger charge is -2.32. The molecule has 0 aliphatic carbocycles. The highest BCUT2D eigenvalue weighted by atomic mass is 35.5. The van der Waals surface area contributed by atoms with Gasteiger partial charge in [-0.05, 0) is 60.1 Å². The van der Waals surface area contributed by atoms with Crippen LogP contribution in [0.3, 0.4) is 0 Å². The summed E-state index contributed by atoms with van der Waals surface area (Å²) in [6, 6.07) is 21.3. The maximum absolute atomic E-state index is 11.8. The van der Waals surface area contributed by atoms with Crippen molar-refractivity contribution in [3.63, 3.8) is 0 Å². The molecule has 4 aromatic carbocycles. The van der Waals surface area contributed by atoms with Crippen molar-refractivity contribution in [2.45, 2.75) is 63.7 Å². The van der Waals surface area contributed by atoms with Gasteiger partial charge in [0.1, 0.15) is 11.5 Å². The molecule has 270 valence electrons. The molecule has 52 heavy (non-hydrogen) atoms. The second kappa shape index (κ2) is 14.7. The topological polar surface area (TPSA) is 83.1 Å². The Labute approximate surface area is 315 Å². The average Bonchev–Trinajstić information content (AvgIpc) is 3.77. The van der Waals surface area contributed by atoms with Crippen LogP contribution in [0, 0.1) is 0 Å². The molecular weight excluding hydrogens is 695 g/mol. The highest BCUT2D eigenvalue weighted by molar-refractivity contribution is 6.39. The smallest absolute Gasteiger partial charge is 0.220 e. The van der Waals surface area contributed by atoms with Crippen LogP contribution in [0.15, 0.2) is 60.7 Å². The summed E-state index contributed by atoms with van der Waals surface area (Å²) in [4.78, 5) is 28.3. The number of carbonyl (C=O) groups excluding carboxylic acids is 2. The number of hydrogen-bond donors (Lipinski definition) is 2. The third-order valence-corrected chi connectivity index (χ3v) is 12.1. The van der Waals surface area contributed by atoms with Crippen LogP contribution in [0.5, 0.6) is 11.5 Å². The SMILES string of the molecule is COc1cc(-c2cccc(-c3cccc(-c4cc5c(c(OC)c4)CN(C[C@@H]4CCC(=O)N4)CC5)c3Cl)c2Cl)cc2c1CN(C[C@H]1CCC(=O)N1)CC2. The first kappa shape index (κ1) is 35.0. The van der Waals surface area contributed by atoms with Crippen molar-refractivity contribution in [1.82, 2.24) is 20.4 Å². The van der Waals surface area contributed by atoms with Gasteiger partial charge in [-0.1, -0.05) is 71.7 Å². The summed E-state index contributed by atoms with van der Waals surface area (Å²) in [7, 11) is 3.45. The van der Waals surface area contributed by atoms with Crippen molar-refractivity contribution < 1.29 is 19.1 Å². The molecule has 2 saturated heterocycles. The maximum atomic E-state index is 11.8. The van der Waals surface area contributed by atoms with E-state index in [0.717, 1.165) is 110 Å². The zero-order chi connectivity index (χ0) is 35.9. The van der Waals surface area contributed by atoms with E-state index in [9.17, 15) is 9.59 Å². The molecule has 0 aromatic heterocycles. The van der Waals surface area contributed by atoms with Crippen molar-refractivity contribution in [2.24, 2.45) is 0 Å². The number of nitrogens with one attached hydrogen (secondary N) is 2. The lowest BCUT2D eigenvalue weighted by molar-refractivity contribution is -0.120. The molecule has 0 radical (unpaired) electrons. The fourth-order valence-electron chi connectivity index (χ4n) is 8.54. The van der Waals surface area contributed by atoms with Gasteiger partial charge in [-0.3, -0.25) is 19.4 Å². The summed E-state index contributed by atoms with van der Waals surface area (Å²) in [6.07, 6.45) is 4.81. The van der Waals surface area contributed by atoms with Gasteiger partial charge in [0.05, 0.1) is 24.3 Å². The number of nitrogens with zero attached hydrogens (tertiary/aromatic N) is 2. The molecule has 4 aliphatic heterocycles.